The van der Waals surface area contributed by atoms with E-state index in [1.807, 2.05) is 0 Å². The third kappa shape index (κ3) is 2.77. The van der Waals surface area contributed by atoms with Gasteiger partial charge >= 0.3 is 0 Å². The van der Waals surface area contributed by atoms with Crippen LogP contribution < -0.4 is 0 Å². The van der Waals surface area contributed by atoms with Crippen LogP contribution in [0, 0.1) is 0 Å². The van der Waals surface area contributed by atoms with E-state index in [2.05, 4.69) is 39.8 Å². The van der Waals surface area contributed by atoms with Gasteiger partial charge in [0.1, 0.15) is 6.10 Å². The topological polar surface area (TPSA) is 29.5 Å². The smallest absolute Gasteiger partial charge is 0.108 e. The molecule has 0 spiro atoms. The normalized spacial score (nSPS) is 24.1. The molecular formula is C18H28O2. The minimum Gasteiger partial charge on any atom is -0.385 e. The molecule has 1 heterocycles. The van der Waals surface area contributed by atoms with Gasteiger partial charge < -0.3 is 9.84 Å². The van der Waals surface area contributed by atoms with E-state index in [1.54, 1.807) is 0 Å². The first-order valence-electron chi connectivity index (χ1n) is 8.02. The number of benzene rings is 1. The van der Waals surface area contributed by atoms with E-state index in [4.69, 9.17) is 4.74 Å². The highest BCUT2D eigenvalue weighted by molar-refractivity contribution is 5.42. The number of ether oxygens (including phenoxy) is 1. The lowest BCUT2D eigenvalue weighted by Gasteiger charge is -2.32. The molecule has 20 heavy (non-hydrogen) atoms. The highest BCUT2D eigenvalue weighted by Crippen LogP contribution is 2.40. The van der Waals surface area contributed by atoms with Gasteiger partial charge in [0.2, 0.25) is 0 Å². The van der Waals surface area contributed by atoms with E-state index in [9.17, 15) is 5.11 Å². The second kappa shape index (κ2) is 6.28. The molecule has 0 bridgehead atoms. The zero-order chi connectivity index (χ0) is 14.8. The van der Waals surface area contributed by atoms with Crippen molar-refractivity contribution in [2.24, 2.45) is 0 Å². The van der Waals surface area contributed by atoms with Gasteiger partial charge in [-0.15, -0.1) is 0 Å². The monoisotopic (exact) mass is 276 g/mol. The highest BCUT2D eigenvalue weighted by Gasteiger charge is 2.39. The van der Waals surface area contributed by atoms with E-state index < -0.39 is 11.7 Å². The van der Waals surface area contributed by atoms with E-state index in [-0.39, 0.29) is 0 Å². The predicted molar refractivity (Wildman–Crippen MR) is 83.1 cm³/mol. The summed E-state index contributed by atoms with van der Waals surface area (Å²) in [6.07, 6.45) is 4.44. The van der Waals surface area contributed by atoms with Gasteiger partial charge in [-0.1, -0.05) is 32.9 Å². The second-order valence-electron chi connectivity index (χ2n) is 6.06. The molecule has 0 aromatic heterocycles. The van der Waals surface area contributed by atoms with Crippen molar-refractivity contribution in [3.8, 4) is 0 Å². The van der Waals surface area contributed by atoms with Crippen LogP contribution in [0.3, 0.4) is 0 Å². The summed E-state index contributed by atoms with van der Waals surface area (Å²) in [5.41, 5.74) is 4.64. The van der Waals surface area contributed by atoms with Gasteiger partial charge in [0.05, 0.1) is 5.60 Å². The van der Waals surface area contributed by atoms with Crippen molar-refractivity contribution in [2.75, 3.05) is 6.61 Å². The summed E-state index contributed by atoms with van der Waals surface area (Å²) in [6.45, 7) is 9.34. The van der Waals surface area contributed by atoms with Crippen LogP contribution >= 0.6 is 0 Å². The van der Waals surface area contributed by atoms with Crippen LogP contribution in [-0.4, -0.2) is 17.3 Å². The molecule has 2 atom stereocenters. The largest absolute Gasteiger partial charge is 0.385 e. The quantitative estimate of drug-likeness (QED) is 0.881. The number of hydrogen-bond donors (Lipinski definition) is 1. The third-order valence-electron chi connectivity index (χ3n) is 4.68. The molecule has 2 rings (SSSR count). The summed E-state index contributed by atoms with van der Waals surface area (Å²) in [5, 5.41) is 10.9. The Hall–Kier alpha value is -0.860. The molecule has 0 amide bonds. The number of rotatable bonds is 5. The molecule has 1 N–H and O–H groups in total. The minimum atomic E-state index is -0.513. The maximum absolute atomic E-state index is 10.9. The average molecular weight is 276 g/mol. The molecule has 1 aromatic carbocycles. The van der Waals surface area contributed by atoms with Crippen LogP contribution in [0.1, 0.15) is 68.9 Å². The van der Waals surface area contributed by atoms with Gasteiger partial charge in [-0.05, 0) is 61.3 Å². The zero-order valence-electron chi connectivity index (χ0n) is 13.3. The number of aliphatic hydroxyl groups is 1. The van der Waals surface area contributed by atoms with Gasteiger partial charge in [-0.25, -0.2) is 0 Å². The van der Waals surface area contributed by atoms with Gasteiger partial charge in [0, 0.05) is 6.61 Å². The van der Waals surface area contributed by atoms with Crippen LogP contribution in [-0.2, 0) is 24.0 Å². The lowest BCUT2D eigenvalue weighted by Crippen LogP contribution is -2.33. The molecular weight excluding hydrogens is 248 g/mol. The van der Waals surface area contributed by atoms with E-state index in [1.165, 1.54) is 16.7 Å². The Labute approximate surface area is 123 Å². The standard InChI is InChI=1S/C18H28O2/c1-5-13-11-14(6-2)16(15(7-3)12-13)17(19)18(4)9-8-10-20-18/h11-12,17,19H,5-10H2,1-4H3. The minimum absolute atomic E-state index is 0.415. The number of hydrogen-bond acceptors (Lipinski definition) is 2. The molecule has 2 unspecified atom stereocenters. The van der Waals surface area contributed by atoms with Crippen molar-refractivity contribution in [3.63, 3.8) is 0 Å². The first-order valence-corrected chi connectivity index (χ1v) is 8.02. The third-order valence-corrected chi connectivity index (χ3v) is 4.68. The van der Waals surface area contributed by atoms with Crippen molar-refractivity contribution in [1.29, 1.82) is 0 Å². The molecule has 1 aromatic rings. The first kappa shape index (κ1) is 15.5. The Morgan fingerprint density at radius 3 is 2.15 bits per heavy atom. The summed E-state index contributed by atoms with van der Waals surface area (Å²) in [7, 11) is 0. The van der Waals surface area contributed by atoms with Crippen molar-refractivity contribution in [2.45, 2.75) is 71.5 Å². The fourth-order valence-electron chi connectivity index (χ4n) is 3.31. The molecule has 0 saturated carbocycles. The molecule has 1 saturated heterocycles. The Bertz CT molecular complexity index is 433. The van der Waals surface area contributed by atoms with Crippen molar-refractivity contribution in [3.05, 3.63) is 34.4 Å². The Morgan fingerprint density at radius 2 is 1.75 bits per heavy atom. The Kier molecular flexibility index (Phi) is 4.87. The van der Waals surface area contributed by atoms with Crippen molar-refractivity contribution in [1.82, 2.24) is 0 Å². The lowest BCUT2D eigenvalue weighted by molar-refractivity contribution is -0.0802. The van der Waals surface area contributed by atoms with E-state index in [0.29, 0.717) is 0 Å². The number of aryl methyl sites for hydroxylation is 3. The maximum atomic E-state index is 10.9. The van der Waals surface area contributed by atoms with Crippen molar-refractivity contribution < 1.29 is 9.84 Å². The van der Waals surface area contributed by atoms with Crippen molar-refractivity contribution >= 4 is 0 Å². The molecule has 2 nitrogen and oxygen atoms in total. The molecule has 1 aliphatic rings. The molecule has 1 fully saturated rings. The first-order chi connectivity index (χ1) is 9.55. The second-order valence-corrected chi connectivity index (χ2v) is 6.06. The van der Waals surface area contributed by atoms with E-state index in [0.717, 1.165) is 44.3 Å². The molecule has 0 aliphatic carbocycles. The maximum Gasteiger partial charge on any atom is 0.108 e. The summed E-state index contributed by atoms with van der Waals surface area (Å²) in [4.78, 5) is 0. The fourth-order valence-corrected chi connectivity index (χ4v) is 3.31. The average Bonchev–Trinajstić information content (AvgIpc) is 2.92. The highest BCUT2D eigenvalue weighted by atomic mass is 16.5. The van der Waals surface area contributed by atoms with Crippen LogP contribution in [0.5, 0.6) is 0 Å². The zero-order valence-corrected chi connectivity index (χ0v) is 13.3. The van der Waals surface area contributed by atoms with Gasteiger partial charge in [0.15, 0.2) is 0 Å². The SMILES string of the molecule is CCc1cc(CC)c(C(O)C2(C)CCCO2)c(CC)c1. The van der Waals surface area contributed by atoms with E-state index >= 15 is 0 Å². The summed E-state index contributed by atoms with van der Waals surface area (Å²) < 4.78 is 5.86. The van der Waals surface area contributed by atoms with Crippen LogP contribution in [0.4, 0.5) is 0 Å². The molecule has 0 radical (unpaired) electrons. The molecule has 112 valence electrons. The Balaban J connectivity index is 2.48. The van der Waals surface area contributed by atoms with Gasteiger partial charge in [0.25, 0.3) is 0 Å². The summed E-state index contributed by atoms with van der Waals surface area (Å²) >= 11 is 0. The van der Waals surface area contributed by atoms with Crippen LogP contribution in [0.2, 0.25) is 0 Å². The van der Waals surface area contributed by atoms with Crippen LogP contribution in [0.15, 0.2) is 12.1 Å². The molecule has 2 heteroatoms. The lowest BCUT2D eigenvalue weighted by atomic mass is 9.83. The predicted octanol–water partition coefficient (Wildman–Crippen LogP) is 3.98. The molecule has 1 aliphatic heterocycles. The fraction of sp³-hybridized carbons (Fsp3) is 0.667. The van der Waals surface area contributed by atoms with Gasteiger partial charge in [-0.2, -0.15) is 0 Å². The van der Waals surface area contributed by atoms with Crippen LogP contribution in [0.25, 0.3) is 0 Å². The summed E-state index contributed by atoms with van der Waals surface area (Å²) in [6, 6.07) is 4.52. The number of aliphatic hydroxyl groups excluding tert-OH is 1. The summed E-state index contributed by atoms with van der Waals surface area (Å²) in [5.74, 6) is 0. The van der Waals surface area contributed by atoms with Gasteiger partial charge in [-0.3, -0.25) is 0 Å². The Morgan fingerprint density at radius 1 is 1.15 bits per heavy atom.